The van der Waals surface area contributed by atoms with Crippen molar-refractivity contribution in [3.05, 3.63) is 11.4 Å². The first kappa shape index (κ1) is 5.29. The van der Waals surface area contributed by atoms with E-state index in [0.29, 0.717) is 0 Å². The van der Waals surface area contributed by atoms with Crippen LogP contribution in [0.5, 0.6) is 0 Å². The van der Waals surface area contributed by atoms with Gasteiger partial charge in [0, 0.05) is 18.8 Å². The van der Waals surface area contributed by atoms with Crippen LogP contribution < -0.4 is 0 Å². The molecule has 0 amide bonds. The lowest BCUT2D eigenvalue weighted by atomic mass is 9.78. The molecule has 2 fully saturated rings. The summed E-state index contributed by atoms with van der Waals surface area (Å²) in [5.74, 6) is 0.801. The molecule has 0 N–H and O–H groups in total. The Balaban J connectivity index is 2.04. The van der Waals surface area contributed by atoms with E-state index >= 15 is 0 Å². The average Bonchev–Trinajstić information content (AvgIpc) is 2.44. The molecule has 2 aliphatic carbocycles. The molecular weight excluding hydrogens is 110 g/mol. The highest BCUT2D eigenvalue weighted by atomic mass is 14.9. The molecule has 0 unspecified atom stereocenters. The van der Waals surface area contributed by atoms with Gasteiger partial charge in [0.25, 0.3) is 0 Å². The van der Waals surface area contributed by atoms with Crippen molar-refractivity contribution >= 4 is 0 Å². The van der Waals surface area contributed by atoms with E-state index in [4.69, 9.17) is 6.57 Å². The maximum atomic E-state index is 6.96. The van der Waals surface area contributed by atoms with E-state index in [9.17, 15) is 0 Å². The van der Waals surface area contributed by atoms with Crippen LogP contribution in [0.25, 0.3) is 4.85 Å². The van der Waals surface area contributed by atoms with Crippen LogP contribution in [0.1, 0.15) is 32.1 Å². The van der Waals surface area contributed by atoms with Crippen molar-refractivity contribution < 1.29 is 0 Å². The van der Waals surface area contributed by atoms with Gasteiger partial charge in [-0.1, -0.05) is 6.42 Å². The minimum Gasteiger partial charge on any atom is -0.310 e. The summed E-state index contributed by atoms with van der Waals surface area (Å²) in [5.41, 5.74) is 0.179. The van der Waals surface area contributed by atoms with E-state index in [-0.39, 0.29) is 5.54 Å². The van der Waals surface area contributed by atoms with E-state index in [2.05, 4.69) is 4.85 Å². The highest BCUT2D eigenvalue weighted by molar-refractivity contribution is 5.16. The van der Waals surface area contributed by atoms with Gasteiger partial charge < -0.3 is 4.85 Å². The minimum atomic E-state index is 0.179. The van der Waals surface area contributed by atoms with Gasteiger partial charge in [-0.15, -0.1) is 0 Å². The highest BCUT2D eigenvalue weighted by Gasteiger charge is 2.58. The molecule has 48 valence electrons. The summed E-state index contributed by atoms with van der Waals surface area (Å²) >= 11 is 0. The van der Waals surface area contributed by atoms with Gasteiger partial charge in [0.1, 0.15) is 0 Å². The zero-order chi connectivity index (χ0) is 6.32. The summed E-state index contributed by atoms with van der Waals surface area (Å²) in [6, 6.07) is 0. The Labute approximate surface area is 55.9 Å². The van der Waals surface area contributed by atoms with Gasteiger partial charge in [0.2, 0.25) is 5.54 Å². The first-order valence-corrected chi connectivity index (χ1v) is 3.76. The van der Waals surface area contributed by atoms with Crippen molar-refractivity contribution in [1.82, 2.24) is 0 Å². The normalized spacial score (nSPS) is 30.6. The van der Waals surface area contributed by atoms with Crippen LogP contribution in [0.15, 0.2) is 0 Å². The molecule has 0 saturated heterocycles. The molecule has 2 aliphatic rings. The van der Waals surface area contributed by atoms with Gasteiger partial charge >= 0.3 is 0 Å². The van der Waals surface area contributed by atoms with Crippen LogP contribution in [0.4, 0.5) is 0 Å². The lowest BCUT2D eigenvalue weighted by Crippen LogP contribution is -2.25. The van der Waals surface area contributed by atoms with E-state index < -0.39 is 0 Å². The molecule has 2 rings (SSSR count). The molecule has 0 aromatic heterocycles. The maximum Gasteiger partial charge on any atom is 0.236 e. The van der Waals surface area contributed by atoms with Gasteiger partial charge in [-0.05, 0) is 12.8 Å². The fourth-order valence-corrected chi connectivity index (χ4v) is 1.69. The summed E-state index contributed by atoms with van der Waals surface area (Å²) in [6.45, 7) is 6.96. The summed E-state index contributed by atoms with van der Waals surface area (Å²) in [4.78, 5) is 3.70. The van der Waals surface area contributed by atoms with Crippen molar-refractivity contribution in [2.24, 2.45) is 5.92 Å². The molecule has 0 atom stereocenters. The van der Waals surface area contributed by atoms with Crippen LogP contribution in [-0.2, 0) is 0 Å². The van der Waals surface area contributed by atoms with E-state index in [1.54, 1.807) is 0 Å². The molecule has 0 radical (unpaired) electrons. The molecular formula is C8H11N. The van der Waals surface area contributed by atoms with Crippen molar-refractivity contribution in [2.75, 3.05) is 0 Å². The zero-order valence-electron chi connectivity index (χ0n) is 5.56. The molecule has 9 heavy (non-hydrogen) atoms. The lowest BCUT2D eigenvalue weighted by Gasteiger charge is -2.25. The predicted octanol–water partition coefficient (Wildman–Crippen LogP) is 2.24. The van der Waals surface area contributed by atoms with Crippen LogP contribution >= 0.6 is 0 Å². The number of nitrogens with zero attached hydrogens (tertiary/aromatic N) is 1. The third-order valence-electron chi connectivity index (χ3n) is 2.85. The summed E-state index contributed by atoms with van der Waals surface area (Å²) < 4.78 is 0. The monoisotopic (exact) mass is 121 g/mol. The number of rotatable bonds is 1. The first-order valence-electron chi connectivity index (χ1n) is 3.76. The Morgan fingerprint density at radius 2 is 2.00 bits per heavy atom. The van der Waals surface area contributed by atoms with Crippen molar-refractivity contribution in [3.63, 3.8) is 0 Å². The quantitative estimate of drug-likeness (QED) is 0.468. The third kappa shape index (κ3) is 0.594. The second kappa shape index (κ2) is 1.50. The Hall–Kier alpha value is -0.510. The molecule has 0 aromatic carbocycles. The molecule has 2 saturated carbocycles. The topological polar surface area (TPSA) is 4.36 Å². The number of hydrogen-bond acceptors (Lipinski definition) is 0. The van der Waals surface area contributed by atoms with Gasteiger partial charge in [0.05, 0.1) is 0 Å². The number of hydrogen-bond donors (Lipinski definition) is 0. The van der Waals surface area contributed by atoms with Crippen molar-refractivity contribution in [3.8, 4) is 0 Å². The van der Waals surface area contributed by atoms with Crippen LogP contribution in [-0.4, -0.2) is 5.54 Å². The summed E-state index contributed by atoms with van der Waals surface area (Å²) in [6.07, 6.45) is 6.44. The molecule has 0 spiro atoms. The molecule has 0 heterocycles. The molecule has 0 aromatic rings. The van der Waals surface area contributed by atoms with Gasteiger partial charge in [0.15, 0.2) is 0 Å². The van der Waals surface area contributed by atoms with Crippen LogP contribution in [0.3, 0.4) is 0 Å². The largest absolute Gasteiger partial charge is 0.310 e. The maximum absolute atomic E-state index is 6.96. The molecule has 0 aliphatic heterocycles. The van der Waals surface area contributed by atoms with Gasteiger partial charge in [-0.25, -0.2) is 6.57 Å². The van der Waals surface area contributed by atoms with Gasteiger partial charge in [-0.2, -0.15) is 0 Å². The summed E-state index contributed by atoms with van der Waals surface area (Å²) in [5, 5.41) is 0. The average molecular weight is 121 g/mol. The van der Waals surface area contributed by atoms with Crippen molar-refractivity contribution in [2.45, 2.75) is 37.6 Å². The SMILES string of the molecule is [C-]#[N+]C1(C2CCC2)CC1. The van der Waals surface area contributed by atoms with E-state index in [1.807, 2.05) is 0 Å². The Bertz CT molecular complexity index is 158. The predicted molar refractivity (Wildman–Crippen MR) is 35.9 cm³/mol. The molecule has 1 heteroatoms. The lowest BCUT2D eigenvalue weighted by molar-refractivity contribution is 0.272. The standard InChI is InChI=1S/C8H11N/c1-9-8(5-6-8)7-3-2-4-7/h7H,2-6H2. The highest BCUT2D eigenvalue weighted by Crippen LogP contribution is 2.53. The second-order valence-electron chi connectivity index (χ2n) is 3.34. The van der Waals surface area contributed by atoms with Gasteiger partial charge in [-0.3, -0.25) is 0 Å². The smallest absolute Gasteiger partial charge is 0.236 e. The first-order chi connectivity index (χ1) is 4.37. The zero-order valence-corrected chi connectivity index (χ0v) is 5.56. The minimum absolute atomic E-state index is 0.179. The molecule has 0 bridgehead atoms. The van der Waals surface area contributed by atoms with E-state index in [1.165, 1.54) is 32.1 Å². The second-order valence-corrected chi connectivity index (χ2v) is 3.34. The Kier molecular flexibility index (Phi) is 0.883. The fraction of sp³-hybridized carbons (Fsp3) is 0.875. The molecule has 1 nitrogen and oxygen atoms in total. The van der Waals surface area contributed by atoms with Crippen molar-refractivity contribution in [1.29, 1.82) is 0 Å². The van der Waals surface area contributed by atoms with E-state index in [0.717, 1.165) is 5.92 Å². The fourth-order valence-electron chi connectivity index (χ4n) is 1.69. The Morgan fingerprint density at radius 1 is 1.33 bits per heavy atom. The van der Waals surface area contributed by atoms with Crippen LogP contribution in [0.2, 0.25) is 0 Å². The van der Waals surface area contributed by atoms with Crippen LogP contribution in [0, 0.1) is 12.5 Å². The summed E-state index contributed by atoms with van der Waals surface area (Å²) in [7, 11) is 0. The third-order valence-corrected chi connectivity index (χ3v) is 2.85. The Morgan fingerprint density at radius 3 is 2.11 bits per heavy atom.